The van der Waals surface area contributed by atoms with Crippen molar-refractivity contribution >= 4 is 16.8 Å². The van der Waals surface area contributed by atoms with E-state index in [-0.39, 0.29) is 8.58 Å². The fourth-order valence-corrected chi connectivity index (χ4v) is 0. The maximum Gasteiger partial charge on any atom is 0.0875 e. The van der Waals surface area contributed by atoms with Crippen molar-refractivity contribution in [3.8, 4) is 0 Å². The molecule has 0 aromatic heterocycles. The van der Waals surface area contributed by atoms with Gasteiger partial charge in [0.2, 0.25) is 0 Å². The maximum absolute atomic E-state index is 10.8. The lowest BCUT2D eigenvalue weighted by atomic mass is 12.0. The smallest absolute Gasteiger partial charge is 0.0875 e. The molecule has 0 fully saturated rings. The molecule has 0 amide bonds. The van der Waals surface area contributed by atoms with Crippen LogP contribution in [-0.2, 0) is 0 Å². The molecule has 0 aliphatic heterocycles. The van der Waals surface area contributed by atoms with Gasteiger partial charge in [0.25, 0.3) is 0 Å². The van der Waals surface area contributed by atoms with Crippen LogP contribution in [0.2, 0.25) is 0 Å². The molecule has 0 radical (unpaired) electrons. The summed E-state index contributed by atoms with van der Waals surface area (Å²) in [5.74, 6) is 0. The van der Waals surface area contributed by atoms with Gasteiger partial charge in [-0.2, -0.15) is 0 Å². The SMILES string of the molecule is CPPF. The van der Waals surface area contributed by atoms with E-state index in [2.05, 4.69) is 0 Å². The van der Waals surface area contributed by atoms with Crippen LogP contribution in [0.4, 0.5) is 4.20 Å². The molecule has 0 aromatic carbocycles. The summed E-state index contributed by atoms with van der Waals surface area (Å²) < 4.78 is 10.8. The molecular weight excluding hydrogens is 93.0 g/mol. The van der Waals surface area contributed by atoms with Crippen molar-refractivity contribution in [2.24, 2.45) is 0 Å². The number of rotatable bonds is 1. The number of hydrogen-bond acceptors (Lipinski definition) is 0. The van der Waals surface area contributed by atoms with Crippen molar-refractivity contribution in [3.05, 3.63) is 0 Å². The Morgan fingerprint density at radius 1 is 1.75 bits per heavy atom. The highest BCUT2D eigenvalue weighted by molar-refractivity contribution is 8.09. The van der Waals surface area contributed by atoms with Gasteiger partial charge in [0, 0.05) is 0 Å². The zero-order valence-electron chi connectivity index (χ0n) is 2.38. The molecule has 0 aliphatic rings. The zero-order chi connectivity index (χ0) is 3.41. The van der Waals surface area contributed by atoms with Crippen LogP contribution in [0.1, 0.15) is 0 Å². The minimum Gasteiger partial charge on any atom is -0.226 e. The molecule has 3 heteroatoms. The van der Waals surface area contributed by atoms with Crippen LogP contribution in [0.5, 0.6) is 0 Å². The summed E-state index contributed by atoms with van der Waals surface area (Å²) in [6.45, 7) is 1.85. The largest absolute Gasteiger partial charge is 0.226 e. The Morgan fingerprint density at radius 2 is 2.00 bits per heavy atom. The van der Waals surface area contributed by atoms with Crippen molar-refractivity contribution in [3.63, 3.8) is 0 Å². The summed E-state index contributed by atoms with van der Waals surface area (Å²) in [4.78, 5) is 0. The second-order valence-electron chi connectivity index (χ2n) is 0.344. The average Bonchev–Trinajstić information content (AvgIpc) is 1.37. The van der Waals surface area contributed by atoms with E-state index in [9.17, 15) is 4.20 Å². The van der Waals surface area contributed by atoms with Crippen LogP contribution < -0.4 is 0 Å². The molecule has 0 aliphatic carbocycles. The van der Waals surface area contributed by atoms with Gasteiger partial charge >= 0.3 is 0 Å². The first kappa shape index (κ1) is 4.79. The lowest BCUT2D eigenvalue weighted by Gasteiger charge is -1.65. The summed E-state index contributed by atoms with van der Waals surface area (Å²) in [5.41, 5.74) is 0. The standard InChI is InChI=1S/CH5FP2/c1-3-4-2/h3-4H,1H3. The van der Waals surface area contributed by atoms with E-state index in [4.69, 9.17) is 0 Å². The molecule has 0 aromatic rings. The Bertz CT molecular complexity index is 8.00. The topological polar surface area (TPSA) is 0 Å². The molecule has 0 rings (SSSR count). The van der Waals surface area contributed by atoms with E-state index in [1.165, 1.54) is 0 Å². The fourth-order valence-electron chi connectivity index (χ4n) is 0. The minimum absolute atomic E-state index is 0.332. The van der Waals surface area contributed by atoms with E-state index in [1.807, 2.05) is 6.66 Å². The van der Waals surface area contributed by atoms with E-state index in [0.717, 1.165) is 0 Å². The van der Waals surface area contributed by atoms with Gasteiger partial charge in [-0.25, -0.2) is 4.20 Å². The first-order valence-corrected chi connectivity index (χ1v) is 4.32. The quantitative estimate of drug-likeness (QED) is 0.438. The molecule has 0 spiro atoms. The summed E-state index contributed by atoms with van der Waals surface area (Å²) >= 11 is 0. The monoisotopic (exact) mass is 98.0 g/mol. The van der Waals surface area contributed by atoms with E-state index in [1.54, 1.807) is 0 Å². The number of hydrogen-bond donors (Lipinski definition) is 0. The van der Waals surface area contributed by atoms with Gasteiger partial charge in [-0.15, -0.1) is 0 Å². The van der Waals surface area contributed by atoms with Crippen LogP contribution in [0.3, 0.4) is 0 Å². The van der Waals surface area contributed by atoms with Crippen molar-refractivity contribution in [2.75, 3.05) is 6.66 Å². The fraction of sp³-hybridized carbons (Fsp3) is 1.00. The van der Waals surface area contributed by atoms with Crippen LogP contribution in [0.25, 0.3) is 0 Å². The highest BCUT2D eigenvalue weighted by atomic mass is 32.0. The first-order chi connectivity index (χ1) is 1.91. The Morgan fingerprint density at radius 3 is 2.00 bits per heavy atom. The molecule has 0 saturated heterocycles. The van der Waals surface area contributed by atoms with Crippen LogP contribution in [-0.4, -0.2) is 6.66 Å². The highest BCUT2D eigenvalue weighted by Crippen LogP contribution is 2.32. The molecule has 26 valence electrons. The molecule has 2 atom stereocenters. The van der Waals surface area contributed by atoms with Crippen molar-refractivity contribution < 1.29 is 4.20 Å². The van der Waals surface area contributed by atoms with E-state index in [0.29, 0.717) is 8.27 Å². The Hall–Kier alpha value is 0.790. The van der Waals surface area contributed by atoms with E-state index >= 15 is 0 Å². The van der Waals surface area contributed by atoms with Crippen molar-refractivity contribution in [1.82, 2.24) is 0 Å². The Labute approximate surface area is 28.8 Å². The molecule has 0 nitrogen and oxygen atoms in total. The predicted octanol–water partition coefficient (Wildman–Crippen LogP) is 1.77. The Kier molecular flexibility index (Phi) is 4.54. The lowest BCUT2D eigenvalue weighted by Crippen LogP contribution is -1.07. The van der Waals surface area contributed by atoms with Gasteiger partial charge in [-0.1, -0.05) is 8.27 Å². The second-order valence-corrected chi connectivity index (χ2v) is 3.10. The summed E-state index contributed by atoms with van der Waals surface area (Å²) in [7, 11) is 0.170. The van der Waals surface area contributed by atoms with Gasteiger partial charge < -0.3 is 0 Å². The van der Waals surface area contributed by atoms with Crippen LogP contribution >= 0.6 is 16.8 Å². The van der Waals surface area contributed by atoms with E-state index < -0.39 is 0 Å². The van der Waals surface area contributed by atoms with Gasteiger partial charge in [0.15, 0.2) is 0 Å². The van der Waals surface area contributed by atoms with Crippen LogP contribution in [0, 0.1) is 0 Å². The van der Waals surface area contributed by atoms with Gasteiger partial charge in [0.05, 0.1) is 8.58 Å². The van der Waals surface area contributed by atoms with Crippen LogP contribution in [0.15, 0.2) is 0 Å². The second kappa shape index (κ2) is 3.79. The highest BCUT2D eigenvalue weighted by Gasteiger charge is 1.59. The van der Waals surface area contributed by atoms with Crippen molar-refractivity contribution in [1.29, 1.82) is 0 Å². The summed E-state index contributed by atoms with van der Waals surface area (Å²) in [6.07, 6.45) is 0. The third kappa shape index (κ3) is 2.79. The molecule has 4 heavy (non-hydrogen) atoms. The molecular formula is CH5FP2. The normalized spacial score (nSPS) is 13.5. The zero-order valence-corrected chi connectivity index (χ0v) is 4.38. The molecule has 0 bridgehead atoms. The molecule has 0 saturated carbocycles. The number of halogens is 1. The van der Waals surface area contributed by atoms with Gasteiger partial charge in [-0.05, 0) is 6.66 Å². The predicted molar refractivity (Wildman–Crippen MR) is 23.7 cm³/mol. The van der Waals surface area contributed by atoms with Crippen molar-refractivity contribution in [2.45, 2.75) is 0 Å². The van der Waals surface area contributed by atoms with Gasteiger partial charge in [0.1, 0.15) is 0 Å². The third-order valence-corrected chi connectivity index (χ3v) is 0.850. The Balaban J connectivity index is 1.97. The summed E-state index contributed by atoms with van der Waals surface area (Å²) in [5, 5.41) is 0. The van der Waals surface area contributed by atoms with Gasteiger partial charge in [-0.3, -0.25) is 0 Å². The maximum atomic E-state index is 10.8. The minimum atomic E-state index is -0.332. The molecule has 2 unspecified atom stereocenters. The molecule has 0 N–H and O–H groups in total. The first-order valence-electron chi connectivity index (χ1n) is 0.939. The third-order valence-electron chi connectivity index (χ3n) is 0.0945. The average molecular weight is 98.0 g/mol. The lowest BCUT2D eigenvalue weighted by molar-refractivity contribution is 0.936. The molecule has 0 heterocycles. The summed E-state index contributed by atoms with van der Waals surface area (Å²) in [6, 6.07) is 0.